The molecule has 2 saturated heterocycles. The van der Waals surface area contributed by atoms with Crippen molar-refractivity contribution in [2.75, 3.05) is 45.2 Å². The molecule has 2 aliphatic heterocycles. The predicted octanol–water partition coefficient (Wildman–Crippen LogP) is 2.39. The molecule has 4 rings (SSSR count). The summed E-state index contributed by atoms with van der Waals surface area (Å²) < 4.78 is 10.3. The lowest BCUT2D eigenvalue weighted by Crippen LogP contribution is -2.63. The van der Waals surface area contributed by atoms with Crippen LogP contribution in [0.4, 0.5) is 10.5 Å². The number of ether oxygens (including phenoxy) is 2. The average molecular weight is 501 g/mol. The lowest BCUT2D eigenvalue weighted by atomic mass is 9.87. The van der Waals surface area contributed by atoms with Crippen molar-refractivity contribution in [3.05, 3.63) is 29.8 Å². The number of urea groups is 1. The quantitative estimate of drug-likeness (QED) is 0.580. The summed E-state index contributed by atoms with van der Waals surface area (Å²) in [7, 11) is 1.31. The van der Waals surface area contributed by atoms with Crippen molar-refractivity contribution in [1.82, 2.24) is 15.1 Å². The molecule has 10 nitrogen and oxygen atoms in total. The molecule has 0 bridgehead atoms. The van der Waals surface area contributed by atoms with Gasteiger partial charge in [0, 0.05) is 37.8 Å². The van der Waals surface area contributed by atoms with Crippen LogP contribution in [0.3, 0.4) is 0 Å². The van der Waals surface area contributed by atoms with Gasteiger partial charge in [0.05, 0.1) is 25.3 Å². The second kappa shape index (κ2) is 12.2. The first-order valence-electron chi connectivity index (χ1n) is 12.9. The zero-order valence-electron chi connectivity index (χ0n) is 20.9. The fourth-order valence-corrected chi connectivity index (χ4v) is 5.19. The summed E-state index contributed by atoms with van der Waals surface area (Å²) in [5.74, 6) is -0.746. The summed E-state index contributed by atoms with van der Waals surface area (Å²) in [6, 6.07) is 5.29. The van der Waals surface area contributed by atoms with Gasteiger partial charge in [0.15, 0.2) is 0 Å². The molecule has 4 amide bonds. The lowest BCUT2D eigenvalue weighted by molar-refractivity contribution is -0.147. The van der Waals surface area contributed by atoms with Gasteiger partial charge in [-0.1, -0.05) is 19.3 Å². The highest BCUT2D eigenvalue weighted by Gasteiger charge is 2.39. The molecule has 1 aromatic rings. The predicted molar refractivity (Wildman–Crippen MR) is 132 cm³/mol. The Morgan fingerprint density at radius 2 is 1.75 bits per heavy atom. The van der Waals surface area contributed by atoms with E-state index in [-0.39, 0.29) is 36.4 Å². The highest BCUT2D eigenvalue weighted by atomic mass is 16.5. The number of esters is 1. The molecule has 196 valence electrons. The van der Waals surface area contributed by atoms with Crippen LogP contribution in [0.25, 0.3) is 0 Å². The SMILES string of the molecule is COC(=O)c1ccc(NC(=O)N2CCN(C(=O)C3CCCCC3)C(C(=O)NCC3CCCO3)C2)cc1. The molecule has 10 heteroatoms. The van der Waals surface area contributed by atoms with E-state index in [2.05, 4.69) is 10.6 Å². The van der Waals surface area contributed by atoms with Crippen molar-refractivity contribution >= 4 is 29.5 Å². The Labute approximate surface area is 211 Å². The minimum Gasteiger partial charge on any atom is -0.465 e. The van der Waals surface area contributed by atoms with Crippen LogP contribution in [-0.2, 0) is 19.1 Å². The van der Waals surface area contributed by atoms with Gasteiger partial charge in [-0.3, -0.25) is 9.59 Å². The molecule has 0 radical (unpaired) electrons. The molecule has 1 aliphatic carbocycles. The van der Waals surface area contributed by atoms with Crippen LogP contribution in [0.5, 0.6) is 0 Å². The normalized spacial score (nSPS) is 22.7. The Balaban J connectivity index is 1.41. The van der Waals surface area contributed by atoms with Crippen LogP contribution >= 0.6 is 0 Å². The fraction of sp³-hybridized carbons (Fsp3) is 0.615. The van der Waals surface area contributed by atoms with E-state index in [0.29, 0.717) is 37.5 Å². The number of anilines is 1. The van der Waals surface area contributed by atoms with Crippen LogP contribution in [-0.4, -0.2) is 85.7 Å². The van der Waals surface area contributed by atoms with Crippen molar-refractivity contribution in [2.45, 2.75) is 57.1 Å². The first kappa shape index (κ1) is 25.9. The van der Waals surface area contributed by atoms with Gasteiger partial charge in [-0.15, -0.1) is 0 Å². The average Bonchev–Trinajstić information content (AvgIpc) is 3.45. The van der Waals surface area contributed by atoms with E-state index in [1.807, 2.05) is 0 Å². The highest BCUT2D eigenvalue weighted by molar-refractivity contribution is 5.94. The molecule has 3 fully saturated rings. The number of hydrogen-bond acceptors (Lipinski definition) is 6. The van der Waals surface area contributed by atoms with E-state index in [1.165, 1.54) is 7.11 Å². The third-order valence-electron chi connectivity index (χ3n) is 7.29. The summed E-state index contributed by atoms with van der Waals surface area (Å²) in [5, 5.41) is 5.77. The molecule has 36 heavy (non-hydrogen) atoms. The molecule has 0 spiro atoms. The third-order valence-corrected chi connectivity index (χ3v) is 7.29. The molecule has 2 unspecified atom stereocenters. The van der Waals surface area contributed by atoms with E-state index >= 15 is 0 Å². The van der Waals surface area contributed by atoms with E-state index in [1.54, 1.807) is 34.1 Å². The molecule has 0 aromatic heterocycles. The molecule has 2 N–H and O–H groups in total. The maximum atomic E-state index is 13.4. The van der Waals surface area contributed by atoms with E-state index < -0.39 is 12.0 Å². The van der Waals surface area contributed by atoms with Crippen molar-refractivity contribution in [3.8, 4) is 0 Å². The number of amides is 4. The molecule has 2 heterocycles. The number of hydrogen-bond donors (Lipinski definition) is 2. The number of benzene rings is 1. The summed E-state index contributed by atoms with van der Waals surface area (Å²) in [6.45, 7) is 1.86. The highest BCUT2D eigenvalue weighted by Crippen LogP contribution is 2.27. The Kier molecular flexibility index (Phi) is 8.79. The fourth-order valence-electron chi connectivity index (χ4n) is 5.19. The monoisotopic (exact) mass is 500 g/mol. The second-order valence-corrected chi connectivity index (χ2v) is 9.71. The van der Waals surface area contributed by atoms with E-state index in [4.69, 9.17) is 9.47 Å². The lowest BCUT2D eigenvalue weighted by Gasteiger charge is -2.42. The summed E-state index contributed by atoms with van der Waals surface area (Å²) >= 11 is 0. The Hall–Kier alpha value is -3.14. The first-order chi connectivity index (χ1) is 17.5. The number of piperazine rings is 1. The second-order valence-electron chi connectivity index (χ2n) is 9.71. The zero-order valence-corrected chi connectivity index (χ0v) is 20.9. The van der Waals surface area contributed by atoms with Gasteiger partial charge in [-0.2, -0.15) is 0 Å². The van der Waals surface area contributed by atoms with Gasteiger partial charge in [0.25, 0.3) is 0 Å². The minimum atomic E-state index is -0.748. The number of carbonyl (C=O) groups is 4. The molecule has 2 atom stereocenters. The van der Waals surface area contributed by atoms with Crippen LogP contribution in [0, 0.1) is 5.92 Å². The number of nitrogens with zero attached hydrogens (tertiary/aromatic N) is 2. The molecule has 1 saturated carbocycles. The maximum absolute atomic E-state index is 13.4. The maximum Gasteiger partial charge on any atom is 0.337 e. The topological polar surface area (TPSA) is 117 Å². The molecule has 1 aromatic carbocycles. The van der Waals surface area contributed by atoms with Gasteiger partial charge in [-0.05, 0) is 49.9 Å². The molecule has 3 aliphatic rings. The number of rotatable bonds is 6. The van der Waals surface area contributed by atoms with E-state index in [0.717, 1.165) is 44.9 Å². The summed E-state index contributed by atoms with van der Waals surface area (Å²) in [5.41, 5.74) is 0.904. The van der Waals surface area contributed by atoms with Crippen LogP contribution in [0.15, 0.2) is 24.3 Å². The van der Waals surface area contributed by atoms with Crippen LogP contribution in [0.1, 0.15) is 55.3 Å². The minimum absolute atomic E-state index is 0.00704. The van der Waals surface area contributed by atoms with Crippen molar-refractivity contribution in [3.63, 3.8) is 0 Å². The number of carbonyl (C=O) groups excluding carboxylic acids is 4. The van der Waals surface area contributed by atoms with Gasteiger partial charge in [0.1, 0.15) is 6.04 Å². The van der Waals surface area contributed by atoms with Crippen molar-refractivity contribution in [1.29, 1.82) is 0 Å². The van der Waals surface area contributed by atoms with E-state index in [9.17, 15) is 19.2 Å². The largest absolute Gasteiger partial charge is 0.465 e. The van der Waals surface area contributed by atoms with Crippen molar-refractivity contribution < 1.29 is 28.7 Å². The van der Waals surface area contributed by atoms with Gasteiger partial charge >= 0.3 is 12.0 Å². The first-order valence-corrected chi connectivity index (χ1v) is 12.9. The van der Waals surface area contributed by atoms with Crippen LogP contribution in [0.2, 0.25) is 0 Å². The van der Waals surface area contributed by atoms with Crippen LogP contribution < -0.4 is 10.6 Å². The summed E-state index contributed by atoms with van der Waals surface area (Å²) in [4.78, 5) is 54.5. The third kappa shape index (κ3) is 6.34. The number of nitrogens with one attached hydrogen (secondary N) is 2. The van der Waals surface area contributed by atoms with Crippen molar-refractivity contribution in [2.24, 2.45) is 5.92 Å². The Morgan fingerprint density at radius 3 is 2.42 bits per heavy atom. The smallest absolute Gasteiger partial charge is 0.337 e. The van der Waals surface area contributed by atoms with Gasteiger partial charge in [0.2, 0.25) is 11.8 Å². The molecular formula is C26H36N4O6. The number of methoxy groups -OCH3 is 1. The van der Waals surface area contributed by atoms with Gasteiger partial charge < -0.3 is 29.9 Å². The summed E-state index contributed by atoms with van der Waals surface area (Å²) in [6.07, 6.45) is 6.78. The zero-order chi connectivity index (χ0) is 25.5. The molecular weight excluding hydrogens is 464 g/mol. The Morgan fingerprint density at radius 1 is 1.00 bits per heavy atom. The standard InChI is InChI=1S/C26H36N4O6/c1-35-25(33)19-9-11-20(12-10-19)28-26(34)29-13-14-30(24(32)18-6-3-2-4-7-18)22(17-29)23(31)27-16-21-8-5-15-36-21/h9-12,18,21-22H,2-8,13-17H2,1H3,(H,27,31)(H,28,34). The Bertz CT molecular complexity index is 940. The van der Waals surface area contributed by atoms with Gasteiger partial charge in [-0.25, -0.2) is 9.59 Å².